The summed E-state index contributed by atoms with van der Waals surface area (Å²) in [6.07, 6.45) is 2.78. The minimum atomic E-state index is 0.164. The second-order valence-electron chi connectivity index (χ2n) is 6.05. The highest BCUT2D eigenvalue weighted by molar-refractivity contribution is 6.08. The average molecular weight is 271 g/mol. The van der Waals surface area contributed by atoms with Gasteiger partial charge in [-0.15, -0.1) is 0 Å². The molecule has 1 saturated heterocycles. The SMILES string of the molecule is CC1CCN(CC(=O)c2coc3ccccc23)CC1C. The van der Waals surface area contributed by atoms with Crippen LogP contribution in [0.1, 0.15) is 30.6 Å². The summed E-state index contributed by atoms with van der Waals surface area (Å²) in [5.74, 6) is 1.59. The molecule has 0 saturated carbocycles. The lowest BCUT2D eigenvalue weighted by Gasteiger charge is -2.34. The van der Waals surface area contributed by atoms with Gasteiger partial charge in [-0.05, 0) is 30.9 Å². The fourth-order valence-electron chi connectivity index (χ4n) is 2.97. The van der Waals surface area contributed by atoms with Crippen molar-refractivity contribution in [2.75, 3.05) is 19.6 Å². The van der Waals surface area contributed by atoms with Gasteiger partial charge in [0.2, 0.25) is 0 Å². The number of carbonyl (C=O) groups is 1. The fraction of sp³-hybridized carbons (Fsp3) is 0.471. The van der Waals surface area contributed by atoms with E-state index in [1.54, 1.807) is 6.26 Å². The van der Waals surface area contributed by atoms with Gasteiger partial charge in [0, 0.05) is 11.9 Å². The number of para-hydroxylation sites is 1. The minimum absolute atomic E-state index is 0.164. The van der Waals surface area contributed by atoms with Crippen molar-refractivity contribution in [3.8, 4) is 0 Å². The summed E-state index contributed by atoms with van der Waals surface area (Å²) >= 11 is 0. The molecule has 0 N–H and O–H groups in total. The maximum absolute atomic E-state index is 12.5. The first kappa shape index (κ1) is 13.4. The van der Waals surface area contributed by atoms with Crippen molar-refractivity contribution in [2.24, 2.45) is 11.8 Å². The number of benzene rings is 1. The molecule has 3 heteroatoms. The Labute approximate surface area is 119 Å². The highest BCUT2D eigenvalue weighted by atomic mass is 16.3. The van der Waals surface area contributed by atoms with E-state index in [0.717, 1.165) is 30.0 Å². The lowest BCUT2D eigenvalue weighted by Crippen LogP contribution is -2.41. The summed E-state index contributed by atoms with van der Waals surface area (Å²) in [7, 11) is 0. The number of hydrogen-bond acceptors (Lipinski definition) is 3. The maximum atomic E-state index is 12.5. The van der Waals surface area contributed by atoms with Crippen LogP contribution in [0.3, 0.4) is 0 Å². The Morgan fingerprint density at radius 1 is 1.30 bits per heavy atom. The number of carbonyl (C=O) groups excluding carboxylic acids is 1. The lowest BCUT2D eigenvalue weighted by atomic mass is 9.88. The predicted octanol–water partition coefficient (Wildman–Crippen LogP) is 3.59. The smallest absolute Gasteiger partial charge is 0.180 e. The number of hydrogen-bond donors (Lipinski definition) is 0. The van der Waals surface area contributed by atoms with Gasteiger partial charge in [-0.3, -0.25) is 9.69 Å². The summed E-state index contributed by atoms with van der Waals surface area (Å²) in [5.41, 5.74) is 1.50. The van der Waals surface area contributed by atoms with Crippen molar-refractivity contribution in [3.63, 3.8) is 0 Å². The Morgan fingerprint density at radius 2 is 2.10 bits per heavy atom. The third-order valence-electron chi connectivity index (χ3n) is 4.57. The first-order valence-electron chi connectivity index (χ1n) is 7.37. The van der Waals surface area contributed by atoms with Crippen molar-refractivity contribution in [1.29, 1.82) is 0 Å². The molecular formula is C17H21NO2. The fourth-order valence-corrected chi connectivity index (χ4v) is 2.97. The zero-order valence-electron chi connectivity index (χ0n) is 12.1. The maximum Gasteiger partial charge on any atom is 0.180 e. The second kappa shape index (κ2) is 5.41. The predicted molar refractivity (Wildman–Crippen MR) is 79.9 cm³/mol. The molecule has 1 aliphatic heterocycles. The van der Waals surface area contributed by atoms with E-state index in [-0.39, 0.29) is 5.78 Å². The van der Waals surface area contributed by atoms with E-state index < -0.39 is 0 Å². The summed E-state index contributed by atoms with van der Waals surface area (Å²) in [6, 6.07) is 7.72. The van der Waals surface area contributed by atoms with Crippen LogP contribution in [0.4, 0.5) is 0 Å². The standard InChI is InChI=1S/C17H21NO2/c1-12-7-8-18(9-13(12)2)10-16(19)15-11-20-17-6-4-3-5-14(15)17/h3-6,11-13H,7-10H2,1-2H3. The number of fused-ring (bicyclic) bond motifs is 1. The molecule has 0 aliphatic carbocycles. The summed E-state index contributed by atoms with van der Waals surface area (Å²) in [4.78, 5) is 14.7. The van der Waals surface area contributed by atoms with Crippen molar-refractivity contribution in [1.82, 2.24) is 4.90 Å². The molecule has 2 heterocycles. The van der Waals surface area contributed by atoms with Crippen LogP contribution in [-0.4, -0.2) is 30.3 Å². The van der Waals surface area contributed by atoms with E-state index in [9.17, 15) is 4.79 Å². The molecule has 0 radical (unpaired) electrons. The molecule has 1 aliphatic rings. The first-order chi connectivity index (χ1) is 9.65. The van der Waals surface area contributed by atoms with Crippen LogP contribution < -0.4 is 0 Å². The number of nitrogens with zero attached hydrogens (tertiary/aromatic N) is 1. The van der Waals surface area contributed by atoms with E-state index in [4.69, 9.17) is 4.42 Å². The van der Waals surface area contributed by atoms with Crippen molar-refractivity contribution in [2.45, 2.75) is 20.3 Å². The molecule has 0 amide bonds. The normalized spacial score (nSPS) is 24.1. The van der Waals surface area contributed by atoms with Gasteiger partial charge in [-0.1, -0.05) is 32.0 Å². The van der Waals surface area contributed by atoms with Crippen molar-refractivity contribution in [3.05, 3.63) is 36.1 Å². The molecule has 2 atom stereocenters. The highest BCUT2D eigenvalue weighted by Gasteiger charge is 2.25. The molecule has 106 valence electrons. The Balaban J connectivity index is 1.73. The summed E-state index contributed by atoms with van der Waals surface area (Å²) < 4.78 is 5.46. The van der Waals surface area contributed by atoms with E-state index in [1.807, 2.05) is 24.3 Å². The number of piperidine rings is 1. The van der Waals surface area contributed by atoms with Crippen LogP contribution in [0.2, 0.25) is 0 Å². The van der Waals surface area contributed by atoms with Gasteiger partial charge >= 0.3 is 0 Å². The number of furan rings is 1. The minimum Gasteiger partial charge on any atom is -0.464 e. The molecule has 2 unspecified atom stereocenters. The molecule has 1 aromatic heterocycles. The van der Waals surface area contributed by atoms with Gasteiger partial charge < -0.3 is 4.42 Å². The monoisotopic (exact) mass is 271 g/mol. The number of rotatable bonds is 3. The molecule has 2 aromatic rings. The van der Waals surface area contributed by atoms with Gasteiger partial charge in [0.05, 0.1) is 12.1 Å². The molecule has 0 spiro atoms. The van der Waals surface area contributed by atoms with E-state index in [1.165, 1.54) is 6.42 Å². The largest absolute Gasteiger partial charge is 0.464 e. The van der Waals surface area contributed by atoms with Gasteiger partial charge in [0.1, 0.15) is 11.8 Å². The van der Waals surface area contributed by atoms with Gasteiger partial charge in [0.15, 0.2) is 5.78 Å². The van der Waals surface area contributed by atoms with Gasteiger partial charge in [-0.2, -0.15) is 0 Å². The third kappa shape index (κ3) is 2.50. The van der Waals surface area contributed by atoms with E-state index in [0.29, 0.717) is 18.0 Å². The second-order valence-corrected chi connectivity index (χ2v) is 6.05. The quantitative estimate of drug-likeness (QED) is 0.800. The average Bonchev–Trinajstić information content (AvgIpc) is 2.87. The highest BCUT2D eigenvalue weighted by Crippen LogP contribution is 2.24. The molecular weight excluding hydrogens is 250 g/mol. The van der Waals surface area contributed by atoms with Crippen molar-refractivity contribution < 1.29 is 9.21 Å². The Morgan fingerprint density at radius 3 is 2.90 bits per heavy atom. The van der Waals surface area contributed by atoms with Crippen LogP contribution in [0.25, 0.3) is 11.0 Å². The van der Waals surface area contributed by atoms with Crippen LogP contribution in [-0.2, 0) is 0 Å². The van der Waals surface area contributed by atoms with Crippen LogP contribution >= 0.6 is 0 Å². The van der Waals surface area contributed by atoms with Crippen molar-refractivity contribution >= 4 is 16.8 Å². The molecule has 0 bridgehead atoms. The molecule has 1 fully saturated rings. The van der Waals surface area contributed by atoms with Crippen LogP contribution in [0, 0.1) is 11.8 Å². The molecule has 20 heavy (non-hydrogen) atoms. The number of Topliss-reactive ketones (excluding diaryl/α,β-unsaturated/α-hetero) is 1. The Hall–Kier alpha value is -1.61. The molecule has 3 nitrogen and oxygen atoms in total. The van der Waals surface area contributed by atoms with E-state index in [2.05, 4.69) is 18.7 Å². The zero-order chi connectivity index (χ0) is 14.1. The van der Waals surface area contributed by atoms with E-state index >= 15 is 0 Å². The first-order valence-corrected chi connectivity index (χ1v) is 7.37. The topological polar surface area (TPSA) is 33.5 Å². The third-order valence-corrected chi connectivity index (χ3v) is 4.57. The zero-order valence-corrected chi connectivity index (χ0v) is 12.1. The number of ketones is 1. The molecule has 1 aromatic carbocycles. The number of likely N-dealkylation sites (tertiary alicyclic amines) is 1. The van der Waals surface area contributed by atoms with Crippen LogP contribution in [0.15, 0.2) is 34.9 Å². The van der Waals surface area contributed by atoms with Crippen LogP contribution in [0.5, 0.6) is 0 Å². The Bertz CT molecular complexity index is 616. The summed E-state index contributed by atoms with van der Waals surface area (Å²) in [6.45, 7) is 7.11. The lowest BCUT2D eigenvalue weighted by molar-refractivity contribution is 0.0850. The summed E-state index contributed by atoms with van der Waals surface area (Å²) in [5, 5.41) is 0.927. The van der Waals surface area contributed by atoms with Gasteiger partial charge in [-0.25, -0.2) is 0 Å². The molecule has 3 rings (SSSR count). The van der Waals surface area contributed by atoms with Gasteiger partial charge in [0.25, 0.3) is 0 Å². The Kier molecular flexibility index (Phi) is 3.62.